The average Bonchev–Trinajstić information content (AvgIpc) is 2.46. The Labute approximate surface area is 118 Å². The lowest BCUT2D eigenvalue weighted by atomic mass is 9.99. The molecule has 0 heterocycles. The van der Waals surface area contributed by atoms with Crippen LogP contribution in [0.5, 0.6) is 0 Å². The molecule has 1 aromatic carbocycles. The molecule has 0 aliphatic rings. The number of hydrogen-bond acceptors (Lipinski definition) is 2. The quantitative estimate of drug-likeness (QED) is 0.642. The van der Waals surface area contributed by atoms with Crippen molar-refractivity contribution < 1.29 is 4.74 Å². The zero-order valence-corrected chi connectivity index (χ0v) is 12.7. The second-order valence-electron chi connectivity index (χ2n) is 4.94. The lowest BCUT2D eigenvalue weighted by Gasteiger charge is -2.19. The first kappa shape index (κ1) is 16.2. The van der Waals surface area contributed by atoms with Crippen molar-refractivity contribution in [2.45, 2.75) is 52.5 Å². The topological polar surface area (TPSA) is 21.3 Å². The zero-order chi connectivity index (χ0) is 13.9. The Balaban J connectivity index is 2.60. The molecule has 0 spiro atoms. The molecule has 0 aromatic heterocycles. The number of hydrogen-bond donors (Lipinski definition) is 1. The summed E-state index contributed by atoms with van der Waals surface area (Å²) in [6.07, 6.45) is 4.54. The normalized spacial score (nSPS) is 12.6. The first-order chi connectivity index (χ1) is 9.31. The van der Waals surface area contributed by atoms with Crippen LogP contribution in [-0.2, 0) is 11.2 Å². The fraction of sp³-hybridized carbons (Fsp3) is 0.647. The first-order valence-electron chi connectivity index (χ1n) is 7.71. The van der Waals surface area contributed by atoms with Crippen molar-refractivity contribution in [2.24, 2.45) is 0 Å². The molecule has 1 N–H and O–H groups in total. The zero-order valence-electron chi connectivity index (χ0n) is 12.7. The van der Waals surface area contributed by atoms with Crippen molar-refractivity contribution in [3.63, 3.8) is 0 Å². The number of nitrogens with one attached hydrogen (secondary N) is 1. The highest BCUT2D eigenvalue weighted by molar-refractivity contribution is 5.26. The van der Waals surface area contributed by atoms with Crippen LogP contribution >= 0.6 is 0 Å². The largest absolute Gasteiger partial charge is 0.382 e. The number of aryl methyl sites for hydroxylation is 1. The summed E-state index contributed by atoms with van der Waals surface area (Å²) >= 11 is 0. The van der Waals surface area contributed by atoms with Crippen LogP contribution in [0.15, 0.2) is 24.3 Å². The van der Waals surface area contributed by atoms with E-state index in [9.17, 15) is 0 Å². The third-order valence-corrected chi connectivity index (χ3v) is 3.39. The molecule has 1 aromatic rings. The van der Waals surface area contributed by atoms with Gasteiger partial charge in [0, 0.05) is 19.3 Å². The van der Waals surface area contributed by atoms with Gasteiger partial charge in [-0.15, -0.1) is 0 Å². The molecule has 0 aliphatic heterocycles. The van der Waals surface area contributed by atoms with E-state index in [2.05, 4.69) is 50.4 Å². The molecule has 0 amide bonds. The van der Waals surface area contributed by atoms with Gasteiger partial charge < -0.3 is 10.1 Å². The van der Waals surface area contributed by atoms with E-state index in [1.54, 1.807) is 0 Å². The molecule has 19 heavy (non-hydrogen) atoms. The van der Waals surface area contributed by atoms with Crippen LogP contribution in [0.25, 0.3) is 0 Å². The van der Waals surface area contributed by atoms with E-state index in [-0.39, 0.29) is 0 Å². The molecule has 1 rings (SSSR count). The standard InChI is InChI=1S/C17H29NO/c1-4-12-18-17(11-8-13-19-6-3)16-10-7-9-15(5-2)14-16/h7,9-10,14,17-18H,4-6,8,11-13H2,1-3H3. The fourth-order valence-electron chi connectivity index (χ4n) is 2.27. The minimum Gasteiger partial charge on any atom is -0.382 e. The molecule has 0 fully saturated rings. The van der Waals surface area contributed by atoms with Crippen LogP contribution in [0.1, 0.15) is 57.2 Å². The Hall–Kier alpha value is -0.860. The summed E-state index contributed by atoms with van der Waals surface area (Å²) < 4.78 is 5.44. The molecule has 1 atom stereocenters. The molecule has 2 heteroatoms. The van der Waals surface area contributed by atoms with Crippen molar-refractivity contribution in [1.82, 2.24) is 5.32 Å². The predicted octanol–water partition coefficient (Wildman–Crippen LogP) is 4.11. The van der Waals surface area contributed by atoms with Crippen molar-refractivity contribution in [3.8, 4) is 0 Å². The summed E-state index contributed by atoms with van der Waals surface area (Å²) in [5.74, 6) is 0. The van der Waals surface area contributed by atoms with Crippen LogP contribution in [0.4, 0.5) is 0 Å². The highest BCUT2D eigenvalue weighted by Crippen LogP contribution is 2.20. The minimum absolute atomic E-state index is 0.465. The SMILES string of the molecule is CCCNC(CCCOCC)c1cccc(CC)c1. The summed E-state index contributed by atoms with van der Waals surface area (Å²) in [7, 11) is 0. The van der Waals surface area contributed by atoms with Crippen LogP contribution in [0, 0.1) is 0 Å². The fourth-order valence-corrected chi connectivity index (χ4v) is 2.27. The minimum atomic E-state index is 0.465. The third-order valence-electron chi connectivity index (χ3n) is 3.39. The monoisotopic (exact) mass is 263 g/mol. The predicted molar refractivity (Wildman–Crippen MR) is 82.6 cm³/mol. The van der Waals surface area contributed by atoms with Crippen molar-refractivity contribution in [3.05, 3.63) is 35.4 Å². The second-order valence-corrected chi connectivity index (χ2v) is 4.94. The smallest absolute Gasteiger partial charge is 0.0466 e. The Morgan fingerprint density at radius 1 is 1.21 bits per heavy atom. The maximum absolute atomic E-state index is 5.44. The van der Waals surface area contributed by atoms with Gasteiger partial charge in [0.25, 0.3) is 0 Å². The van der Waals surface area contributed by atoms with E-state index in [1.807, 2.05) is 0 Å². The molecule has 1 unspecified atom stereocenters. The van der Waals surface area contributed by atoms with E-state index in [1.165, 1.54) is 17.5 Å². The number of benzene rings is 1. The average molecular weight is 263 g/mol. The Morgan fingerprint density at radius 2 is 2.05 bits per heavy atom. The molecular formula is C17H29NO. The Bertz CT molecular complexity index is 338. The van der Waals surface area contributed by atoms with E-state index < -0.39 is 0 Å². The van der Waals surface area contributed by atoms with E-state index in [0.717, 1.165) is 39.0 Å². The summed E-state index contributed by atoms with van der Waals surface area (Å²) in [5.41, 5.74) is 2.84. The summed E-state index contributed by atoms with van der Waals surface area (Å²) in [5, 5.41) is 3.66. The van der Waals surface area contributed by atoms with Gasteiger partial charge in [0.1, 0.15) is 0 Å². The van der Waals surface area contributed by atoms with Gasteiger partial charge in [0.2, 0.25) is 0 Å². The lowest BCUT2D eigenvalue weighted by molar-refractivity contribution is 0.141. The van der Waals surface area contributed by atoms with Gasteiger partial charge in [0.05, 0.1) is 0 Å². The molecular weight excluding hydrogens is 234 g/mol. The van der Waals surface area contributed by atoms with E-state index in [0.29, 0.717) is 6.04 Å². The van der Waals surface area contributed by atoms with Gasteiger partial charge in [-0.25, -0.2) is 0 Å². The Morgan fingerprint density at radius 3 is 2.74 bits per heavy atom. The van der Waals surface area contributed by atoms with Crippen LogP contribution in [0.2, 0.25) is 0 Å². The Kier molecular flexibility index (Phi) is 8.52. The van der Waals surface area contributed by atoms with Crippen molar-refractivity contribution in [1.29, 1.82) is 0 Å². The van der Waals surface area contributed by atoms with Gasteiger partial charge in [-0.3, -0.25) is 0 Å². The molecule has 2 nitrogen and oxygen atoms in total. The van der Waals surface area contributed by atoms with Crippen LogP contribution in [-0.4, -0.2) is 19.8 Å². The van der Waals surface area contributed by atoms with Gasteiger partial charge in [-0.1, -0.05) is 38.1 Å². The van der Waals surface area contributed by atoms with Crippen molar-refractivity contribution >= 4 is 0 Å². The molecule has 0 bridgehead atoms. The molecule has 0 saturated carbocycles. The third kappa shape index (κ3) is 6.22. The summed E-state index contributed by atoms with van der Waals surface area (Å²) in [4.78, 5) is 0. The summed E-state index contributed by atoms with van der Waals surface area (Å²) in [6, 6.07) is 9.44. The van der Waals surface area contributed by atoms with Crippen LogP contribution < -0.4 is 5.32 Å². The van der Waals surface area contributed by atoms with Crippen LogP contribution in [0.3, 0.4) is 0 Å². The van der Waals surface area contributed by atoms with Gasteiger partial charge in [0.15, 0.2) is 0 Å². The number of rotatable bonds is 10. The first-order valence-corrected chi connectivity index (χ1v) is 7.71. The highest BCUT2D eigenvalue weighted by Gasteiger charge is 2.10. The van der Waals surface area contributed by atoms with E-state index >= 15 is 0 Å². The second kappa shape index (κ2) is 9.99. The molecule has 0 saturated heterocycles. The van der Waals surface area contributed by atoms with Gasteiger partial charge in [-0.2, -0.15) is 0 Å². The van der Waals surface area contributed by atoms with Gasteiger partial charge >= 0.3 is 0 Å². The maximum atomic E-state index is 5.44. The van der Waals surface area contributed by atoms with E-state index in [4.69, 9.17) is 4.74 Å². The number of ether oxygens (including phenoxy) is 1. The van der Waals surface area contributed by atoms with Gasteiger partial charge in [-0.05, 0) is 50.3 Å². The lowest BCUT2D eigenvalue weighted by Crippen LogP contribution is -2.22. The van der Waals surface area contributed by atoms with Crippen molar-refractivity contribution in [2.75, 3.05) is 19.8 Å². The highest BCUT2D eigenvalue weighted by atomic mass is 16.5. The molecule has 108 valence electrons. The molecule has 0 aliphatic carbocycles. The molecule has 0 radical (unpaired) electrons. The maximum Gasteiger partial charge on any atom is 0.0466 e. The summed E-state index contributed by atoms with van der Waals surface area (Å²) in [6.45, 7) is 9.25.